The molecule has 0 saturated carbocycles. The standard InChI is InChI=1S/C18H30N2.2ClH/c1-4-5-6-7-18(20-12-10-19-11-13-20)17-14-15(2)8-9-16(17)3;;/h8-9,14,18-19H,4-7,10-13H2,1-3H3;2*1H/t18-;;/m1../s1. The molecule has 1 aliphatic heterocycles. The van der Waals surface area contributed by atoms with Crippen molar-refractivity contribution < 1.29 is 0 Å². The highest BCUT2D eigenvalue weighted by molar-refractivity contribution is 5.85. The zero-order chi connectivity index (χ0) is 14.4. The number of nitrogens with zero attached hydrogens (tertiary/aromatic N) is 1. The highest BCUT2D eigenvalue weighted by Gasteiger charge is 2.23. The summed E-state index contributed by atoms with van der Waals surface area (Å²) in [5.74, 6) is 0. The summed E-state index contributed by atoms with van der Waals surface area (Å²) in [5.41, 5.74) is 4.40. The van der Waals surface area contributed by atoms with E-state index in [2.05, 4.69) is 49.2 Å². The van der Waals surface area contributed by atoms with Crippen LogP contribution in [0.25, 0.3) is 0 Å². The number of aryl methyl sites for hydroxylation is 2. The topological polar surface area (TPSA) is 15.3 Å². The van der Waals surface area contributed by atoms with Crippen LogP contribution in [0.4, 0.5) is 0 Å². The van der Waals surface area contributed by atoms with E-state index in [1.165, 1.54) is 49.9 Å². The molecule has 1 aliphatic rings. The molecule has 1 fully saturated rings. The predicted octanol–water partition coefficient (Wildman–Crippen LogP) is 4.67. The average molecular weight is 347 g/mol. The quantitative estimate of drug-likeness (QED) is 0.752. The van der Waals surface area contributed by atoms with E-state index in [-0.39, 0.29) is 24.8 Å². The Morgan fingerprint density at radius 3 is 2.41 bits per heavy atom. The van der Waals surface area contributed by atoms with Crippen LogP contribution in [-0.4, -0.2) is 31.1 Å². The van der Waals surface area contributed by atoms with E-state index in [1.54, 1.807) is 5.56 Å². The summed E-state index contributed by atoms with van der Waals surface area (Å²) in [6.07, 6.45) is 5.31. The number of unbranched alkanes of at least 4 members (excludes halogenated alkanes) is 2. The molecule has 22 heavy (non-hydrogen) atoms. The van der Waals surface area contributed by atoms with E-state index < -0.39 is 0 Å². The number of halogens is 2. The molecule has 0 spiro atoms. The number of rotatable bonds is 6. The smallest absolute Gasteiger partial charge is 0.0351 e. The van der Waals surface area contributed by atoms with Crippen molar-refractivity contribution in [2.45, 2.75) is 52.5 Å². The van der Waals surface area contributed by atoms with Crippen LogP contribution in [0.1, 0.15) is 55.3 Å². The number of piperazine rings is 1. The molecule has 0 bridgehead atoms. The molecule has 0 aromatic heterocycles. The molecule has 1 heterocycles. The van der Waals surface area contributed by atoms with Gasteiger partial charge in [0.15, 0.2) is 0 Å². The first kappa shape index (κ1) is 21.7. The first-order valence-electron chi connectivity index (χ1n) is 8.24. The minimum Gasteiger partial charge on any atom is -0.314 e. The van der Waals surface area contributed by atoms with Gasteiger partial charge in [0.1, 0.15) is 0 Å². The van der Waals surface area contributed by atoms with Gasteiger partial charge in [-0.05, 0) is 31.4 Å². The number of benzene rings is 1. The Balaban J connectivity index is 0.00000220. The molecule has 1 aromatic carbocycles. The van der Waals surface area contributed by atoms with Crippen LogP contribution in [0.5, 0.6) is 0 Å². The van der Waals surface area contributed by atoms with Gasteiger partial charge in [-0.15, -0.1) is 24.8 Å². The van der Waals surface area contributed by atoms with E-state index in [0.717, 1.165) is 13.1 Å². The Labute approximate surface area is 148 Å². The van der Waals surface area contributed by atoms with Gasteiger partial charge < -0.3 is 5.32 Å². The first-order valence-corrected chi connectivity index (χ1v) is 8.24. The molecular formula is C18H32Cl2N2. The van der Waals surface area contributed by atoms with Gasteiger partial charge in [-0.3, -0.25) is 4.90 Å². The molecule has 2 rings (SSSR count). The Kier molecular flexibility index (Phi) is 11.1. The van der Waals surface area contributed by atoms with Crippen molar-refractivity contribution in [1.82, 2.24) is 10.2 Å². The number of nitrogens with one attached hydrogen (secondary N) is 1. The lowest BCUT2D eigenvalue weighted by Gasteiger charge is -2.36. The van der Waals surface area contributed by atoms with Crippen LogP contribution in [0.2, 0.25) is 0 Å². The Morgan fingerprint density at radius 2 is 1.77 bits per heavy atom. The van der Waals surface area contributed by atoms with Crippen LogP contribution in [-0.2, 0) is 0 Å². The molecule has 1 aromatic rings. The zero-order valence-electron chi connectivity index (χ0n) is 14.2. The molecule has 4 heteroatoms. The van der Waals surface area contributed by atoms with Gasteiger partial charge in [-0.2, -0.15) is 0 Å². The van der Waals surface area contributed by atoms with Crippen molar-refractivity contribution in [2.24, 2.45) is 0 Å². The van der Waals surface area contributed by atoms with Crippen molar-refractivity contribution >= 4 is 24.8 Å². The second-order valence-electron chi connectivity index (χ2n) is 6.16. The largest absolute Gasteiger partial charge is 0.314 e. The summed E-state index contributed by atoms with van der Waals surface area (Å²) in [6.45, 7) is 11.4. The Morgan fingerprint density at radius 1 is 1.09 bits per heavy atom. The van der Waals surface area contributed by atoms with Crippen molar-refractivity contribution in [2.75, 3.05) is 26.2 Å². The second-order valence-corrected chi connectivity index (χ2v) is 6.16. The zero-order valence-corrected chi connectivity index (χ0v) is 15.9. The predicted molar refractivity (Wildman–Crippen MR) is 102 cm³/mol. The van der Waals surface area contributed by atoms with E-state index >= 15 is 0 Å². The summed E-state index contributed by atoms with van der Waals surface area (Å²) in [7, 11) is 0. The molecule has 1 N–H and O–H groups in total. The molecule has 1 saturated heterocycles. The fraction of sp³-hybridized carbons (Fsp3) is 0.667. The third kappa shape index (κ3) is 6.08. The van der Waals surface area contributed by atoms with Gasteiger partial charge in [0.2, 0.25) is 0 Å². The van der Waals surface area contributed by atoms with Crippen LogP contribution < -0.4 is 5.32 Å². The number of hydrogen-bond donors (Lipinski definition) is 1. The molecular weight excluding hydrogens is 315 g/mol. The third-order valence-electron chi connectivity index (χ3n) is 4.47. The van der Waals surface area contributed by atoms with E-state index in [4.69, 9.17) is 0 Å². The van der Waals surface area contributed by atoms with Gasteiger partial charge in [0.05, 0.1) is 0 Å². The lowest BCUT2D eigenvalue weighted by Crippen LogP contribution is -2.45. The molecule has 0 aliphatic carbocycles. The fourth-order valence-electron chi connectivity index (χ4n) is 3.24. The first-order chi connectivity index (χ1) is 9.72. The lowest BCUT2D eigenvalue weighted by atomic mass is 9.93. The van der Waals surface area contributed by atoms with Crippen LogP contribution in [0, 0.1) is 13.8 Å². The number of hydrogen-bond acceptors (Lipinski definition) is 2. The third-order valence-corrected chi connectivity index (χ3v) is 4.47. The minimum absolute atomic E-state index is 0. The fourth-order valence-corrected chi connectivity index (χ4v) is 3.24. The van der Waals surface area contributed by atoms with Gasteiger partial charge in [0, 0.05) is 32.2 Å². The van der Waals surface area contributed by atoms with Gasteiger partial charge in [-0.25, -0.2) is 0 Å². The molecule has 0 unspecified atom stereocenters. The summed E-state index contributed by atoms with van der Waals surface area (Å²) in [4.78, 5) is 2.69. The maximum absolute atomic E-state index is 3.47. The summed E-state index contributed by atoms with van der Waals surface area (Å²) < 4.78 is 0. The van der Waals surface area contributed by atoms with Gasteiger partial charge >= 0.3 is 0 Å². The van der Waals surface area contributed by atoms with Gasteiger partial charge in [0.25, 0.3) is 0 Å². The molecule has 2 nitrogen and oxygen atoms in total. The van der Waals surface area contributed by atoms with E-state index in [0.29, 0.717) is 6.04 Å². The maximum atomic E-state index is 3.47. The molecule has 1 atom stereocenters. The van der Waals surface area contributed by atoms with Crippen LogP contribution >= 0.6 is 24.8 Å². The molecule has 0 radical (unpaired) electrons. The summed E-state index contributed by atoms with van der Waals surface area (Å²) in [5, 5.41) is 3.47. The van der Waals surface area contributed by atoms with Crippen molar-refractivity contribution in [3.05, 3.63) is 34.9 Å². The van der Waals surface area contributed by atoms with Crippen molar-refractivity contribution in [3.63, 3.8) is 0 Å². The monoisotopic (exact) mass is 346 g/mol. The van der Waals surface area contributed by atoms with Gasteiger partial charge in [-0.1, -0.05) is 49.9 Å². The van der Waals surface area contributed by atoms with E-state index in [9.17, 15) is 0 Å². The summed E-state index contributed by atoms with van der Waals surface area (Å²) >= 11 is 0. The van der Waals surface area contributed by atoms with E-state index in [1.807, 2.05) is 0 Å². The molecule has 0 amide bonds. The van der Waals surface area contributed by atoms with Crippen molar-refractivity contribution in [1.29, 1.82) is 0 Å². The SMILES string of the molecule is CCCCC[C@H](c1cc(C)ccc1C)N1CCNCC1.Cl.Cl. The second kappa shape index (κ2) is 11.3. The maximum Gasteiger partial charge on any atom is 0.0351 e. The minimum atomic E-state index is 0. The normalized spacial score (nSPS) is 16.5. The highest BCUT2D eigenvalue weighted by Crippen LogP contribution is 2.30. The Hall–Kier alpha value is -0.280. The van der Waals surface area contributed by atoms with Crippen LogP contribution in [0.15, 0.2) is 18.2 Å². The highest BCUT2D eigenvalue weighted by atomic mass is 35.5. The lowest BCUT2D eigenvalue weighted by molar-refractivity contribution is 0.162. The van der Waals surface area contributed by atoms with Crippen LogP contribution in [0.3, 0.4) is 0 Å². The summed E-state index contributed by atoms with van der Waals surface area (Å²) in [6, 6.07) is 7.55. The Bertz CT molecular complexity index is 418. The van der Waals surface area contributed by atoms with Crippen molar-refractivity contribution in [3.8, 4) is 0 Å². The molecule has 128 valence electrons. The average Bonchev–Trinajstić information content (AvgIpc) is 2.48.